The standard InChI is InChI=1S/C34H56O16/c1-19(2)12-8-10-14-26(38)48-30-24(16-43-21(5)35)47-33(29(41)28(30)40)45-18-34(42)32(49-27(39)15-11-9-13-20(3)4)31(46-23(7)37)25(50-34)17-44-22(6)36/h19-20,24-25,28-33,40-42H,8-18H2,1-7H3/t24-,25-,28-,29-,30-,31-,32+,33+,34-/m1/s1. The predicted molar refractivity (Wildman–Crippen MR) is 172 cm³/mol. The van der Waals surface area contributed by atoms with E-state index in [1.54, 1.807) is 0 Å². The van der Waals surface area contributed by atoms with Crippen LogP contribution in [0.2, 0.25) is 0 Å². The van der Waals surface area contributed by atoms with E-state index in [-0.39, 0.29) is 12.8 Å². The van der Waals surface area contributed by atoms with Crippen LogP contribution in [-0.2, 0) is 61.9 Å². The first-order valence-electron chi connectivity index (χ1n) is 17.3. The van der Waals surface area contributed by atoms with Crippen LogP contribution in [0.25, 0.3) is 0 Å². The topological polar surface area (TPSA) is 220 Å². The van der Waals surface area contributed by atoms with E-state index >= 15 is 0 Å². The number of hydrogen-bond acceptors (Lipinski definition) is 16. The van der Waals surface area contributed by atoms with Crippen molar-refractivity contribution < 1.29 is 77.2 Å². The average molecular weight is 721 g/mol. The molecule has 2 fully saturated rings. The van der Waals surface area contributed by atoms with Gasteiger partial charge in [0.2, 0.25) is 5.79 Å². The number of aliphatic hydroxyl groups excluding tert-OH is 2. The number of carbonyl (C=O) groups excluding carboxylic acids is 5. The molecule has 0 amide bonds. The summed E-state index contributed by atoms with van der Waals surface area (Å²) in [5.41, 5.74) is 0. The molecule has 2 rings (SSSR count). The van der Waals surface area contributed by atoms with Crippen LogP contribution in [0, 0.1) is 11.8 Å². The Morgan fingerprint density at radius 1 is 0.680 bits per heavy atom. The minimum atomic E-state index is -2.54. The zero-order valence-corrected chi connectivity index (χ0v) is 30.2. The third-order valence-electron chi connectivity index (χ3n) is 8.11. The largest absolute Gasteiger partial charge is 0.463 e. The molecule has 2 aliphatic rings. The van der Waals surface area contributed by atoms with Crippen LogP contribution in [0.15, 0.2) is 0 Å². The maximum absolute atomic E-state index is 12.9. The molecule has 2 heterocycles. The van der Waals surface area contributed by atoms with Crippen molar-refractivity contribution in [3.8, 4) is 0 Å². The van der Waals surface area contributed by atoms with E-state index in [0.717, 1.165) is 46.5 Å². The lowest BCUT2D eigenvalue weighted by atomic mass is 9.98. The summed E-state index contributed by atoms with van der Waals surface area (Å²) in [7, 11) is 0. The zero-order chi connectivity index (χ0) is 37.6. The van der Waals surface area contributed by atoms with E-state index in [2.05, 4.69) is 13.8 Å². The van der Waals surface area contributed by atoms with Gasteiger partial charge in [0.1, 0.15) is 44.2 Å². The van der Waals surface area contributed by atoms with E-state index in [0.29, 0.717) is 24.7 Å². The quantitative estimate of drug-likeness (QED) is 0.0928. The Morgan fingerprint density at radius 3 is 1.70 bits per heavy atom. The van der Waals surface area contributed by atoms with Gasteiger partial charge in [0.25, 0.3) is 0 Å². The van der Waals surface area contributed by atoms with Gasteiger partial charge >= 0.3 is 29.8 Å². The molecule has 0 saturated carbocycles. The lowest BCUT2D eigenvalue weighted by Crippen LogP contribution is -2.61. The van der Waals surface area contributed by atoms with Crippen LogP contribution in [-0.4, -0.2) is 120 Å². The van der Waals surface area contributed by atoms with Gasteiger partial charge in [-0.3, -0.25) is 24.0 Å². The van der Waals surface area contributed by atoms with Gasteiger partial charge in [-0.25, -0.2) is 0 Å². The number of ether oxygens (including phenoxy) is 8. The fourth-order valence-corrected chi connectivity index (χ4v) is 5.56. The van der Waals surface area contributed by atoms with E-state index in [1.165, 1.54) is 0 Å². The minimum Gasteiger partial charge on any atom is -0.463 e. The molecule has 2 aliphatic heterocycles. The molecule has 0 spiro atoms. The summed E-state index contributed by atoms with van der Waals surface area (Å²) >= 11 is 0. The molecule has 288 valence electrons. The second kappa shape index (κ2) is 20.8. The summed E-state index contributed by atoms with van der Waals surface area (Å²) in [6.45, 7) is 9.73. The number of hydrogen-bond donors (Lipinski definition) is 3. The second-order valence-corrected chi connectivity index (χ2v) is 13.7. The molecule has 0 aromatic carbocycles. The Balaban J connectivity index is 2.25. The van der Waals surface area contributed by atoms with Crippen LogP contribution in [0.4, 0.5) is 0 Å². The smallest absolute Gasteiger partial charge is 0.306 e. The molecule has 50 heavy (non-hydrogen) atoms. The lowest BCUT2D eigenvalue weighted by Gasteiger charge is -2.42. The highest BCUT2D eigenvalue weighted by Crippen LogP contribution is 2.36. The minimum absolute atomic E-state index is 0.0200. The van der Waals surface area contributed by atoms with Crippen LogP contribution in [0.3, 0.4) is 0 Å². The molecule has 0 aliphatic carbocycles. The van der Waals surface area contributed by atoms with Crippen molar-refractivity contribution in [2.75, 3.05) is 19.8 Å². The number of aliphatic hydroxyl groups is 3. The summed E-state index contributed by atoms with van der Waals surface area (Å²) in [6, 6.07) is 0. The molecule has 16 nitrogen and oxygen atoms in total. The highest BCUT2D eigenvalue weighted by molar-refractivity contribution is 5.70. The Kier molecular flexibility index (Phi) is 18.0. The Hall–Kier alpha value is -2.89. The fraction of sp³-hybridized carbons (Fsp3) is 0.853. The van der Waals surface area contributed by atoms with Crippen molar-refractivity contribution >= 4 is 29.8 Å². The first kappa shape index (κ1) is 43.3. The molecular weight excluding hydrogens is 664 g/mol. The first-order valence-corrected chi connectivity index (χ1v) is 17.3. The number of carbonyl (C=O) groups is 5. The van der Waals surface area contributed by atoms with E-state index in [9.17, 15) is 39.3 Å². The van der Waals surface area contributed by atoms with Gasteiger partial charge in [0, 0.05) is 33.6 Å². The van der Waals surface area contributed by atoms with Gasteiger partial charge in [-0.05, 0) is 24.7 Å². The lowest BCUT2D eigenvalue weighted by molar-refractivity contribution is -0.333. The van der Waals surface area contributed by atoms with Crippen LogP contribution < -0.4 is 0 Å². The normalized spacial score (nSPS) is 29.4. The Bertz CT molecular complexity index is 1110. The summed E-state index contributed by atoms with van der Waals surface area (Å²) < 4.78 is 43.7. The van der Waals surface area contributed by atoms with Crippen molar-refractivity contribution in [2.24, 2.45) is 11.8 Å². The predicted octanol–water partition coefficient (Wildman–Crippen LogP) is 1.85. The molecule has 0 unspecified atom stereocenters. The molecular formula is C34H56O16. The van der Waals surface area contributed by atoms with Gasteiger partial charge in [-0.15, -0.1) is 0 Å². The SMILES string of the molecule is CC(=O)OC[C@H]1O[C@](O)(CO[C@H]2O[C@H](COC(C)=O)[C@@H](OC(=O)CCCCC(C)C)[C@H](O)[C@H]2O)[C@@H](OC(=O)CCCCC(C)C)[C@@H]1OC(C)=O. The molecule has 0 bridgehead atoms. The molecule has 16 heteroatoms. The Morgan fingerprint density at radius 2 is 1.20 bits per heavy atom. The summed E-state index contributed by atoms with van der Waals surface area (Å²) in [5.74, 6) is -5.24. The highest BCUT2D eigenvalue weighted by Gasteiger charge is 2.60. The first-order chi connectivity index (χ1) is 23.4. The third kappa shape index (κ3) is 14.4. The maximum atomic E-state index is 12.9. The van der Waals surface area contributed by atoms with E-state index in [4.69, 9.17) is 37.9 Å². The fourth-order valence-electron chi connectivity index (χ4n) is 5.56. The van der Waals surface area contributed by atoms with Crippen LogP contribution in [0.5, 0.6) is 0 Å². The molecule has 0 aromatic heterocycles. The van der Waals surface area contributed by atoms with Gasteiger partial charge in [0.15, 0.2) is 24.6 Å². The molecule has 9 atom stereocenters. The van der Waals surface area contributed by atoms with Crippen molar-refractivity contribution in [1.82, 2.24) is 0 Å². The van der Waals surface area contributed by atoms with Crippen molar-refractivity contribution in [3.63, 3.8) is 0 Å². The van der Waals surface area contributed by atoms with Crippen molar-refractivity contribution in [2.45, 2.75) is 155 Å². The number of unbranched alkanes of at least 4 members (excludes halogenated alkanes) is 2. The highest BCUT2D eigenvalue weighted by atomic mass is 16.8. The maximum Gasteiger partial charge on any atom is 0.306 e. The third-order valence-corrected chi connectivity index (χ3v) is 8.11. The van der Waals surface area contributed by atoms with Crippen molar-refractivity contribution in [1.29, 1.82) is 0 Å². The summed E-state index contributed by atoms with van der Waals surface area (Å²) in [6.07, 6.45) is -8.15. The summed E-state index contributed by atoms with van der Waals surface area (Å²) in [5, 5.41) is 33.7. The molecule has 0 radical (unpaired) electrons. The van der Waals surface area contributed by atoms with E-state index < -0.39 is 104 Å². The number of rotatable bonds is 20. The average Bonchev–Trinajstić information content (AvgIpc) is 3.26. The monoisotopic (exact) mass is 720 g/mol. The van der Waals surface area contributed by atoms with Gasteiger partial charge in [0.05, 0.1) is 0 Å². The zero-order valence-electron chi connectivity index (χ0n) is 30.2. The van der Waals surface area contributed by atoms with E-state index in [1.807, 2.05) is 13.8 Å². The molecule has 0 aromatic rings. The van der Waals surface area contributed by atoms with Gasteiger partial charge < -0.3 is 53.2 Å². The second-order valence-electron chi connectivity index (χ2n) is 13.7. The molecule has 2 saturated heterocycles. The van der Waals surface area contributed by atoms with Crippen molar-refractivity contribution in [3.05, 3.63) is 0 Å². The Labute approximate surface area is 293 Å². The van der Waals surface area contributed by atoms with Crippen LogP contribution in [0.1, 0.15) is 99.8 Å². The molecule has 3 N–H and O–H groups in total. The van der Waals surface area contributed by atoms with Crippen LogP contribution >= 0.6 is 0 Å². The van der Waals surface area contributed by atoms with Gasteiger partial charge in [-0.2, -0.15) is 0 Å². The van der Waals surface area contributed by atoms with Gasteiger partial charge in [-0.1, -0.05) is 53.4 Å². The number of esters is 5. The summed E-state index contributed by atoms with van der Waals surface area (Å²) in [4.78, 5) is 60.7.